The molecule has 4 nitrogen and oxygen atoms in total. The number of rotatable bonds is 6. The van der Waals surface area contributed by atoms with Crippen LogP contribution in [0.3, 0.4) is 0 Å². The quantitative estimate of drug-likeness (QED) is 0.837. The Kier molecular flexibility index (Phi) is 6.55. The summed E-state index contributed by atoms with van der Waals surface area (Å²) in [5.41, 5.74) is 5.40. The highest BCUT2D eigenvalue weighted by Gasteiger charge is 2.21. The van der Waals surface area contributed by atoms with Crippen molar-refractivity contribution in [3.05, 3.63) is 34.4 Å². The van der Waals surface area contributed by atoms with Crippen LogP contribution >= 0.6 is 11.8 Å². The van der Waals surface area contributed by atoms with E-state index in [1.165, 1.54) is 34.0 Å². The predicted octanol–water partition coefficient (Wildman–Crippen LogP) is 3.82. The molecule has 0 aromatic heterocycles. The van der Waals surface area contributed by atoms with E-state index in [2.05, 4.69) is 52.1 Å². The molecule has 0 atom stereocenters. The van der Waals surface area contributed by atoms with Gasteiger partial charge in [-0.05, 0) is 47.9 Å². The third-order valence-corrected chi connectivity index (χ3v) is 5.60. The summed E-state index contributed by atoms with van der Waals surface area (Å²) in [5.74, 6) is 0.857. The summed E-state index contributed by atoms with van der Waals surface area (Å²) in [6.07, 6.45) is 1.22. The molecule has 1 fully saturated rings. The molecule has 5 heteroatoms. The van der Waals surface area contributed by atoms with Crippen LogP contribution in [0.25, 0.3) is 0 Å². The van der Waals surface area contributed by atoms with Crippen molar-refractivity contribution in [2.75, 3.05) is 25.4 Å². The second-order valence-electron chi connectivity index (χ2n) is 7.79. The van der Waals surface area contributed by atoms with Crippen molar-refractivity contribution < 1.29 is 9.59 Å². The molecule has 0 unspecified atom stereocenters. The number of carbonyl (C=O) groups is 2. The number of hydrogen-bond acceptors (Lipinski definition) is 3. The van der Waals surface area contributed by atoms with Crippen molar-refractivity contribution >= 4 is 22.9 Å². The molecular formula is C20H30N2O2S. The van der Waals surface area contributed by atoms with E-state index in [4.69, 9.17) is 0 Å². The first-order valence-electron chi connectivity index (χ1n) is 8.97. The van der Waals surface area contributed by atoms with Gasteiger partial charge in [-0.3, -0.25) is 9.59 Å². The minimum Gasteiger partial charge on any atom is -0.356 e. The van der Waals surface area contributed by atoms with Crippen LogP contribution in [0, 0.1) is 13.8 Å². The third-order valence-electron chi connectivity index (χ3n) is 4.71. The van der Waals surface area contributed by atoms with Crippen LogP contribution in [-0.2, 0) is 16.6 Å². The molecule has 0 saturated carbocycles. The lowest BCUT2D eigenvalue weighted by Gasteiger charge is -2.22. The van der Waals surface area contributed by atoms with E-state index in [0.717, 1.165) is 18.7 Å². The standard InChI is InChI=1S/C20H30N2O2S/c1-14-12-16(20(3,4)5)13-15(2)17(14)6-8-21-18(23)7-9-22-10-11-25-19(22)24/h12-13H,6-11H2,1-5H3,(H,21,23). The molecule has 0 radical (unpaired) electrons. The molecule has 25 heavy (non-hydrogen) atoms. The molecule has 2 rings (SSSR count). The second-order valence-corrected chi connectivity index (χ2v) is 8.84. The maximum Gasteiger partial charge on any atom is 0.281 e. The van der Waals surface area contributed by atoms with Gasteiger partial charge in [-0.25, -0.2) is 0 Å². The Balaban J connectivity index is 1.83. The third kappa shape index (κ3) is 5.50. The number of thioether (sulfide) groups is 1. The van der Waals surface area contributed by atoms with Gasteiger partial charge in [0.05, 0.1) is 0 Å². The molecule has 0 bridgehead atoms. The zero-order valence-corrected chi connectivity index (χ0v) is 16.9. The number of aryl methyl sites for hydroxylation is 2. The van der Waals surface area contributed by atoms with Crippen molar-refractivity contribution in [3.63, 3.8) is 0 Å². The van der Waals surface area contributed by atoms with Gasteiger partial charge in [0.15, 0.2) is 0 Å². The zero-order chi connectivity index (χ0) is 18.6. The molecule has 0 aliphatic carbocycles. The Bertz CT molecular complexity index is 627. The monoisotopic (exact) mass is 362 g/mol. The normalized spacial score (nSPS) is 14.9. The summed E-state index contributed by atoms with van der Waals surface area (Å²) in [6.45, 7) is 12.9. The van der Waals surface area contributed by atoms with Crippen molar-refractivity contribution in [1.29, 1.82) is 0 Å². The first kappa shape index (κ1) is 19.8. The first-order chi connectivity index (χ1) is 11.7. The second kappa shape index (κ2) is 8.26. The van der Waals surface area contributed by atoms with Crippen LogP contribution in [-0.4, -0.2) is 41.4 Å². The minimum atomic E-state index is 0.0197. The summed E-state index contributed by atoms with van der Waals surface area (Å²) in [6, 6.07) is 4.53. The van der Waals surface area contributed by atoms with E-state index in [9.17, 15) is 9.59 Å². The lowest BCUT2D eigenvalue weighted by atomic mass is 9.83. The number of nitrogens with zero attached hydrogens (tertiary/aromatic N) is 1. The van der Waals surface area contributed by atoms with Gasteiger partial charge >= 0.3 is 0 Å². The molecule has 1 N–H and O–H groups in total. The number of carbonyl (C=O) groups excluding carboxylic acids is 2. The zero-order valence-electron chi connectivity index (χ0n) is 16.1. The largest absolute Gasteiger partial charge is 0.356 e. The molecule has 1 aromatic carbocycles. The highest BCUT2D eigenvalue weighted by atomic mass is 32.2. The van der Waals surface area contributed by atoms with Crippen molar-refractivity contribution in [2.45, 2.75) is 52.9 Å². The van der Waals surface area contributed by atoms with Crippen molar-refractivity contribution in [1.82, 2.24) is 10.2 Å². The fourth-order valence-electron chi connectivity index (χ4n) is 3.10. The summed E-state index contributed by atoms with van der Waals surface area (Å²) in [4.78, 5) is 25.3. The van der Waals surface area contributed by atoms with Crippen molar-refractivity contribution in [2.24, 2.45) is 0 Å². The Morgan fingerprint density at radius 1 is 1.24 bits per heavy atom. The molecule has 1 aliphatic heterocycles. The van der Waals surface area contributed by atoms with E-state index >= 15 is 0 Å². The summed E-state index contributed by atoms with van der Waals surface area (Å²) >= 11 is 1.33. The van der Waals surface area contributed by atoms with Gasteiger partial charge in [-0.15, -0.1) is 0 Å². The SMILES string of the molecule is Cc1cc(C(C)(C)C)cc(C)c1CCNC(=O)CCN1CCSC1=O. The van der Waals surface area contributed by atoms with E-state index < -0.39 is 0 Å². The van der Waals surface area contributed by atoms with Crippen LogP contribution in [0.5, 0.6) is 0 Å². The highest BCUT2D eigenvalue weighted by molar-refractivity contribution is 8.13. The van der Waals surface area contributed by atoms with Gasteiger partial charge in [0.2, 0.25) is 5.91 Å². The predicted molar refractivity (Wildman–Crippen MR) is 105 cm³/mol. The van der Waals surface area contributed by atoms with Crippen molar-refractivity contribution in [3.8, 4) is 0 Å². The molecule has 0 spiro atoms. The number of amides is 2. The fourth-order valence-corrected chi connectivity index (χ4v) is 3.95. The molecule has 2 amide bonds. The molecule has 1 heterocycles. The van der Waals surface area contributed by atoms with Gasteiger partial charge in [0, 0.05) is 31.8 Å². The van der Waals surface area contributed by atoms with Gasteiger partial charge in [-0.1, -0.05) is 44.7 Å². The highest BCUT2D eigenvalue weighted by Crippen LogP contribution is 2.27. The molecule has 1 aliphatic rings. The summed E-state index contributed by atoms with van der Waals surface area (Å²) in [5, 5.41) is 3.08. The number of nitrogens with one attached hydrogen (secondary N) is 1. The number of benzene rings is 1. The Morgan fingerprint density at radius 3 is 2.40 bits per heavy atom. The van der Waals surface area contributed by atoms with E-state index in [1.54, 1.807) is 4.90 Å². The van der Waals surface area contributed by atoms with Gasteiger partial charge in [-0.2, -0.15) is 0 Å². The topological polar surface area (TPSA) is 49.4 Å². The lowest BCUT2D eigenvalue weighted by molar-refractivity contribution is -0.121. The van der Waals surface area contributed by atoms with E-state index in [0.29, 0.717) is 19.5 Å². The molecule has 1 saturated heterocycles. The smallest absolute Gasteiger partial charge is 0.281 e. The van der Waals surface area contributed by atoms with Crippen LogP contribution in [0.2, 0.25) is 0 Å². The molecular weight excluding hydrogens is 332 g/mol. The Hall–Kier alpha value is -1.49. The molecule has 138 valence electrons. The Morgan fingerprint density at radius 2 is 1.88 bits per heavy atom. The van der Waals surface area contributed by atoms with Crippen LogP contribution in [0.1, 0.15) is 49.4 Å². The van der Waals surface area contributed by atoms with E-state index in [-0.39, 0.29) is 16.6 Å². The maximum atomic E-state index is 12.0. The first-order valence-corrected chi connectivity index (χ1v) is 9.96. The number of hydrogen-bond donors (Lipinski definition) is 1. The van der Waals surface area contributed by atoms with Crippen LogP contribution < -0.4 is 5.32 Å². The van der Waals surface area contributed by atoms with Gasteiger partial charge in [0.1, 0.15) is 0 Å². The van der Waals surface area contributed by atoms with E-state index in [1.807, 2.05) is 0 Å². The van der Waals surface area contributed by atoms with Gasteiger partial charge in [0.25, 0.3) is 5.24 Å². The minimum absolute atomic E-state index is 0.0197. The summed E-state index contributed by atoms with van der Waals surface area (Å²) in [7, 11) is 0. The summed E-state index contributed by atoms with van der Waals surface area (Å²) < 4.78 is 0. The molecule has 1 aromatic rings. The van der Waals surface area contributed by atoms with Gasteiger partial charge < -0.3 is 10.2 Å². The van der Waals surface area contributed by atoms with Crippen LogP contribution in [0.4, 0.5) is 4.79 Å². The average molecular weight is 363 g/mol. The van der Waals surface area contributed by atoms with Crippen LogP contribution in [0.15, 0.2) is 12.1 Å². The average Bonchev–Trinajstić information content (AvgIpc) is 2.92. The Labute approximate surface area is 155 Å². The fraction of sp³-hybridized carbons (Fsp3) is 0.600. The lowest BCUT2D eigenvalue weighted by Crippen LogP contribution is -2.32. The maximum absolute atomic E-state index is 12.0.